The molecule has 0 amide bonds. The number of aryl methyl sites for hydroxylation is 1. The number of anilines is 1. The monoisotopic (exact) mass is 334 g/mol. The molecular weight excluding hydrogens is 312 g/mol. The van der Waals surface area contributed by atoms with E-state index in [4.69, 9.17) is 0 Å². The van der Waals surface area contributed by atoms with Crippen molar-refractivity contribution >= 4 is 17.2 Å². The van der Waals surface area contributed by atoms with Crippen molar-refractivity contribution in [2.75, 3.05) is 12.4 Å². The molecule has 0 bridgehead atoms. The minimum absolute atomic E-state index is 0.426. The Hall–Kier alpha value is -2.76. The van der Waals surface area contributed by atoms with Crippen LogP contribution >= 0.6 is 0 Å². The second-order valence-corrected chi connectivity index (χ2v) is 6.71. The number of nitrogens with one attached hydrogen (secondary N) is 1. The summed E-state index contributed by atoms with van der Waals surface area (Å²) in [7, 11) is 1.68. The number of hydrogen-bond donors (Lipinski definition) is 1. The first kappa shape index (κ1) is 15.7. The van der Waals surface area contributed by atoms with Crippen LogP contribution in [0.4, 0.5) is 11.6 Å². The van der Waals surface area contributed by atoms with Crippen molar-refractivity contribution in [1.29, 1.82) is 0 Å². The molecule has 1 fully saturated rings. The highest BCUT2D eigenvalue weighted by Gasteiger charge is 2.28. The molecule has 1 aromatic carbocycles. The highest BCUT2D eigenvalue weighted by molar-refractivity contribution is 5.81. The maximum Gasteiger partial charge on any atom is 0.241 e. The van der Waals surface area contributed by atoms with Crippen LogP contribution < -0.4 is 5.32 Å². The molecule has 2 aromatic heterocycles. The third kappa shape index (κ3) is 3.12. The number of rotatable bonds is 5. The van der Waals surface area contributed by atoms with Gasteiger partial charge in [-0.1, -0.05) is 6.07 Å². The van der Waals surface area contributed by atoms with Crippen LogP contribution in [0.25, 0.3) is 16.6 Å². The van der Waals surface area contributed by atoms with E-state index in [2.05, 4.69) is 50.8 Å². The number of hydrogen-bond acceptors (Lipinski definition) is 5. The Morgan fingerprint density at radius 1 is 1.28 bits per heavy atom. The number of nitrogens with zero attached hydrogens (tertiary/aromatic N) is 5. The molecule has 25 heavy (non-hydrogen) atoms. The van der Waals surface area contributed by atoms with E-state index in [-0.39, 0.29) is 0 Å². The van der Waals surface area contributed by atoms with E-state index in [1.807, 2.05) is 29.9 Å². The standard InChI is InChI=1S/C19H22N6/c1-12-10-15(6-7-17(12)23-20-3)16-8-9-25-18(16)11-21-19(24-25)22-13(2)14-4-5-14/h6-11,13-14H,4-5H2,1-3H3,(H,22,24)/t13-/m1/s1. The lowest BCUT2D eigenvalue weighted by atomic mass is 10.0. The Bertz CT molecular complexity index is 938. The van der Waals surface area contributed by atoms with Crippen LogP contribution in [0, 0.1) is 12.8 Å². The second kappa shape index (κ2) is 6.27. The normalized spacial score (nSPS) is 15.8. The van der Waals surface area contributed by atoms with Gasteiger partial charge in [-0.15, -0.1) is 5.10 Å². The van der Waals surface area contributed by atoms with E-state index < -0.39 is 0 Å². The Labute approximate surface area is 147 Å². The Morgan fingerprint density at radius 3 is 2.84 bits per heavy atom. The van der Waals surface area contributed by atoms with E-state index in [1.54, 1.807) is 7.05 Å². The zero-order valence-corrected chi connectivity index (χ0v) is 14.8. The van der Waals surface area contributed by atoms with Crippen LogP contribution in [0.3, 0.4) is 0 Å². The lowest BCUT2D eigenvalue weighted by molar-refractivity contribution is 0.681. The third-order valence-electron chi connectivity index (χ3n) is 4.82. The molecule has 6 nitrogen and oxygen atoms in total. The van der Waals surface area contributed by atoms with Gasteiger partial charge < -0.3 is 5.32 Å². The van der Waals surface area contributed by atoms with Crippen molar-refractivity contribution in [3.63, 3.8) is 0 Å². The molecule has 1 aliphatic carbocycles. The summed E-state index contributed by atoms with van der Waals surface area (Å²) in [6, 6.07) is 8.69. The van der Waals surface area contributed by atoms with Crippen LogP contribution in [-0.2, 0) is 0 Å². The molecule has 128 valence electrons. The van der Waals surface area contributed by atoms with Gasteiger partial charge in [-0.05, 0) is 61.9 Å². The number of aromatic nitrogens is 3. The van der Waals surface area contributed by atoms with Crippen molar-refractivity contribution in [3.8, 4) is 11.1 Å². The van der Waals surface area contributed by atoms with Crippen LogP contribution in [0.1, 0.15) is 25.3 Å². The van der Waals surface area contributed by atoms with E-state index in [0.29, 0.717) is 12.0 Å². The first-order chi connectivity index (χ1) is 12.2. The maximum absolute atomic E-state index is 4.60. The average molecular weight is 334 g/mol. The summed E-state index contributed by atoms with van der Waals surface area (Å²) in [5.74, 6) is 1.45. The molecule has 0 spiro atoms. The lowest BCUT2D eigenvalue weighted by Gasteiger charge is -2.12. The van der Waals surface area contributed by atoms with E-state index in [0.717, 1.165) is 33.8 Å². The molecule has 1 saturated carbocycles. The molecule has 1 aliphatic rings. The summed E-state index contributed by atoms with van der Waals surface area (Å²) >= 11 is 0. The summed E-state index contributed by atoms with van der Waals surface area (Å²) in [5.41, 5.74) is 5.23. The van der Waals surface area contributed by atoms with Gasteiger partial charge in [0.25, 0.3) is 0 Å². The van der Waals surface area contributed by atoms with E-state index in [1.165, 1.54) is 12.8 Å². The largest absolute Gasteiger partial charge is 0.350 e. The summed E-state index contributed by atoms with van der Waals surface area (Å²) < 4.78 is 1.89. The molecular formula is C19H22N6. The Kier molecular flexibility index (Phi) is 3.95. The number of azo groups is 1. The quantitative estimate of drug-likeness (QED) is 0.692. The number of benzene rings is 1. The lowest BCUT2D eigenvalue weighted by Crippen LogP contribution is -2.19. The van der Waals surface area contributed by atoms with Gasteiger partial charge >= 0.3 is 0 Å². The fourth-order valence-corrected chi connectivity index (χ4v) is 3.17. The molecule has 6 heteroatoms. The molecule has 3 aromatic rings. The highest BCUT2D eigenvalue weighted by atomic mass is 15.3. The molecule has 2 heterocycles. The number of fused-ring (bicyclic) bond motifs is 1. The van der Waals surface area contributed by atoms with E-state index >= 15 is 0 Å². The van der Waals surface area contributed by atoms with Gasteiger partial charge in [-0.2, -0.15) is 10.2 Å². The average Bonchev–Trinajstić information content (AvgIpc) is 3.37. The molecule has 0 radical (unpaired) electrons. The predicted molar refractivity (Wildman–Crippen MR) is 99.4 cm³/mol. The van der Waals surface area contributed by atoms with Crippen molar-refractivity contribution < 1.29 is 0 Å². The third-order valence-corrected chi connectivity index (χ3v) is 4.82. The van der Waals surface area contributed by atoms with Crippen molar-refractivity contribution in [2.45, 2.75) is 32.7 Å². The van der Waals surface area contributed by atoms with Crippen molar-refractivity contribution in [1.82, 2.24) is 14.6 Å². The van der Waals surface area contributed by atoms with Crippen molar-refractivity contribution in [3.05, 3.63) is 42.2 Å². The summed E-state index contributed by atoms with van der Waals surface area (Å²) in [6.07, 6.45) is 6.47. The highest BCUT2D eigenvalue weighted by Crippen LogP contribution is 2.34. The zero-order chi connectivity index (χ0) is 17.4. The maximum atomic E-state index is 4.60. The second-order valence-electron chi connectivity index (χ2n) is 6.71. The smallest absolute Gasteiger partial charge is 0.241 e. The minimum Gasteiger partial charge on any atom is -0.350 e. The predicted octanol–water partition coefficient (Wildman–Crippen LogP) is 4.63. The minimum atomic E-state index is 0.426. The van der Waals surface area contributed by atoms with Crippen molar-refractivity contribution in [2.24, 2.45) is 16.1 Å². The zero-order valence-electron chi connectivity index (χ0n) is 14.8. The van der Waals surface area contributed by atoms with Gasteiger partial charge in [0.1, 0.15) is 0 Å². The first-order valence-electron chi connectivity index (χ1n) is 8.67. The summed E-state index contributed by atoms with van der Waals surface area (Å²) in [4.78, 5) is 4.51. The SMILES string of the molecule is CN=Nc1ccc(-c2ccn3nc(N[C@H](C)C4CC4)ncc23)cc1C. The first-order valence-corrected chi connectivity index (χ1v) is 8.67. The fraction of sp³-hybridized carbons (Fsp3) is 0.368. The molecule has 4 rings (SSSR count). The van der Waals surface area contributed by atoms with Gasteiger partial charge in [-0.25, -0.2) is 9.50 Å². The molecule has 0 aliphatic heterocycles. The van der Waals surface area contributed by atoms with Crippen LogP contribution in [-0.4, -0.2) is 27.7 Å². The van der Waals surface area contributed by atoms with Gasteiger partial charge in [0, 0.05) is 24.8 Å². The molecule has 1 N–H and O–H groups in total. The van der Waals surface area contributed by atoms with Gasteiger partial charge in [0.2, 0.25) is 5.95 Å². The van der Waals surface area contributed by atoms with Crippen LogP contribution in [0.15, 0.2) is 46.9 Å². The summed E-state index contributed by atoms with van der Waals surface area (Å²) in [5, 5.41) is 16.0. The van der Waals surface area contributed by atoms with Crippen LogP contribution in [0.5, 0.6) is 0 Å². The van der Waals surface area contributed by atoms with Crippen LogP contribution in [0.2, 0.25) is 0 Å². The Morgan fingerprint density at radius 2 is 2.12 bits per heavy atom. The topological polar surface area (TPSA) is 66.9 Å². The molecule has 1 atom stereocenters. The van der Waals surface area contributed by atoms with E-state index in [9.17, 15) is 0 Å². The molecule has 0 saturated heterocycles. The Balaban J connectivity index is 1.65. The van der Waals surface area contributed by atoms with Gasteiger partial charge in [0.05, 0.1) is 17.4 Å². The summed E-state index contributed by atoms with van der Waals surface area (Å²) in [6.45, 7) is 4.24. The fourth-order valence-electron chi connectivity index (χ4n) is 3.17. The molecule has 0 unspecified atom stereocenters. The van der Waals surface area contributed by atoms with Gasteiger partial charge in [-0.3, -0.25) is 0 Å². The van der Waals surface area contributed by atoms with Gasteiger partial charge in [0.15, 0.2) is 0 Å².